The minimum Gasteiger partial charge on any atom is -0.501 e. The van der Waals surface area contributed by atoms with Gasteiger partial charge in [0.2, 0.25) is 5.75 Å². The van der Waals surface area contributed by atoms with E-state index in [2.05, 4.69) is 46.5 Å². The molecule has 4 heteroatoms. The van der Waals surface area contributed by atoms with Gasteiger partial charge in [-0.1, -0.05) is 29.8 Å². The summed E-state index contributed by atoms with van der Waals surface area (Å²) in [7, 11) is 0. The minimum atomic E-state index is 0.288. The van der Waals surface area contributed by atoms with Crippen molar-refractivity contribution in [2.45, 2.75) is 19.8 Å². The number of hydrogen-bond acceptors (Lipinski definition) is 3. The van der Waals surface area contributed by atoms with Gasteiger partial charge in [0.1, 0.15) is 0 Å². The van der Waals surface area contributed by atoms with Gasteiger partial charge in [0, 0.05) is 18.7 Å². The molecule has 0 aromatic heterocycles. The van der Waals surface area contributed by atoms with E-state index in [1.165, 1.54) is 16.7 Å². The average molecular weight is 306 g/mol. The second-order valence-electron chi connectivity index (χ2n) is 6.15. The van der Waals surface area contributed by atoms with E-state index in [9.17, 15) is 5.11 Å². The number of nitrogens with one attached hydrogen (secondary N) is 2. The number of aromatic hydroxyl groups is 1. The first kappa shape index (κ1) is 14.0. The molecule has 0 radical (unpaired) electrons. The van der Waals surface area contributed by atoms with Crippen molar-refractivity contribution in [1.29, 1.82) is 0 Å². The number of rotatable bonds is 4. The standard InChI is InChI=1S/C19H19N3O/c1-12-2-4-13(5-3-12)6-8-21-16-10-15-17-14(7-9-20-15)11-22-18(17)19(16)23/h2-5,10-11,21,23H,6-9H2,1H3/p+1. The first-order valence-corrected chi connectivity index (χ1v) is 8.05. The van der Waals surface area contributed by atoms with E-state index in [4.69, 9.17) is 0 Å². The van der Waals surface area contributed by atoms with Gasteiger partial charge in [-0.05, 0) is 31.4 Å². The van der Waals surface area contributed by atoms with Gasteiger partial charge in [-0.25, -0.2) is 4.99 Å². The smallest absolute Gasteiger partial charge is 0.257 e. The third kappa shape index (κ3) is 2.50. The lowest BCUT2D eigenvalue weighted by Crippen LogP contribution is -2.61. The highest BCUT2D eigenvalue weighted by Gasteiger charge is 2.24. The lowest BCUT2D eigenvalue weighted by atomic mass is 10.1. The second kappa shape index (κ2) is 5.54. The van der Waals surface area contributed by atoms with Crippen LogP contribution < -0.4 is 20.9 Å². The van der Waals surface area contributed by atoms with E-state index in [1.54, 1.807) is 0 Å². The van der Waals surface area contributed by atoms with Crippen LogP contribution in [0.1, 0.15) is 17.5 Å². The molecule has 3 N–H and O–H groups in total. The molecule has 0 saturated heterocycles. The van der Waals surface area contributed by atoms with E-state index in [-0.39, 0.29) is 5.75 Å². The fourth-order valence-electron chi connectivity index (χ4n) is 3.21. The quantitative estimate of drug-likeness (QED) is 0.713. The fraction of sp³-hybridized carbons (Fsp3) is 0.263. The molecule has 0 fully saturated rings. The van der Waals surface area contributed by atoms with Crippen molar-refractivity contribution in [2.24, 2.45) is 4.99 Å². The third-order valence-electron chi connectivity index (χ3n) is 4.50. The summed E-state index contributed by atoms with van der Waals surface area (Å²) in [4.78, 5) is 7.78. The van der Waals surface area contributed by atoms with Crippen LogP contribution in [0.3, 0.4) is 0 Å². The normalized spacial score (nSPS) is 14.6. The molecular formula is C19H20N3O+. The maximum absolute atomic E-state index is 10.5. The van der Waals surface area contributed by atoms with Crippen molar-refractivity contribution < 1.29 is 10.1 Å². The summed E-state index contributed by atoms with van der Waals surface area (Å²) in [5, 5.41) is 15.9. The Hall–Kier alpha value is -2.62. The number of nitrogens with zero attached hydrogens (tertiary/aromatic N) is 1. The Balaban J connectivity index is 1.57. The second-order valence-corrected chi connectivity index (χ2v) is 6.15. The summed E-state index contributed by atoms with van der Waals surface area (Å²) in [5.74, 6) is 0.288. The summed E-state index contributed by atoms with van der Waals surface area (Å²) >= 11 is 0. The molecule has 116 valence electrons. The largest absolute Gasteiger partial charge is 0.501 e. The lowest BCUT2D eigenvalue weighted by Gasteiger charge is -2.10. The molecule has 23 heavy (non-hydrogen) atoms. The fourth-order valence-corrected chi connectivity index (χ4v) is 3.21. The maximum atomic E-state index is 10.5. The van der Waals surface area contributed by atoms with Crippen LogP contribution in [-0.4, -0.2) is 24.4 Å². The van der Waals surface area contributed by atoms with Crippen molar-refractivity contribution in [3.8, 4) is 5.75 Å². The lowest BCUT2D eigenvalue weighted by molar-refractivity contribution is -0.345. The number of phenolic OH excluding ortho intramolecular Hbond substituents is 1. The monoisotopic (exact) mass is 306 g/mol. The highest BCUT2D eigenvalue weighted by molar-refractivity contribution is 6.02. The molecule has 4 rings (SSSR count). The molecule has 0 atom stereocenters. The van der Waals surface area contributed by atoms with Gasteiger partial charge in [0.15, 0.2) is 6.21 Å². The summed E-state index contributed by atoms with van der Waals surface area (Å²) < 4.78 is 0. The van der Waals surface area contributed by atoms with Crippen LogP contribution in [0.2, 0.25) is 0 Å². The molecule has 0 bridgehead atoms. The molecule has 0 unspecified atom stereocenters. The van der Waals surface area contributed by atoms with E-state index in [0.717, 1.165) is 47.9 Å². The Kier molecular flexibility index (Phi) is 3.37. The van der Waals surface area contributed by atoms with E-state index >= 15 is 0 Å². The van der Waals surface area contributed by atoms with Crippen LogP contribution in [0.5, 0.6) is 5.75 Å². The van der Waals surface area contributed by atoms with Crippen molar-refractivity contribution in [1.82, 2.24) is 0 Å². The minimum absolute atomic E-state index is 0.288. The molecule has 2 aliphatic rings. The van der Waals surface area contributed by atoms with Crippen LogP contribution in [0.15, 0.2) is 35.3 Å². The van der Waals surface area contributed by atoms with Gasteiger partial charge < -0.3 is 10.4 Å². The Bertz CT molecular complexity index is 911. The third-order valence-corrected chi connectivity index (χ3v) is 4.50. The van der Waals surface area contributed by atoms with Crippen LogP contribution in [-0.2, 0) is 6.42 Å². The molecule has 0 spiro atoms. The highest BCUT2D eigenvalue weighted by atomic mass is 16.3. The average Bonchev–Trinajstić information content (AvgIpc) is 3.00. The van der Waals surface area contributed by atoms with Gasteiger partial charge in [-0.2, -0.15) is 0 Å². The van der Waals surface area contributed by atoms with E-state index < -0.39 is 0 Å². The molecule has 4 nitrogen and oxygen atoms in total. The van der Waals surface area contributed by atoms with E-state index in [1.807, 2.05) is 12.3 Å². The molecule has 2 heterocycles. The van der Waals surface area contributed by atoms with Gasteiger partial charge in [0.05, 0.1) is 16.3 Å². The van der Waals surface area contributed by atoms with Crippen molar-refractivity contribution in [2.75, 3.05) is 18.4 Å². The van der Waals surface area contributed by atoms with Gasteiger partial charge in [0.25, 0.3) is 5.69 Å². The van der Waals surface area contributed by atoms with Crippen LogP contribution in [0, 0.1) is 6.92 Å². The number of aryl methyl sites for hydroxylation is 1. The Morgan fingerprint density at radius 3 is 2.91 bits per heavy atom. The van der Waals surface area contributed by atoms with Gasteiger partial charge >= 0.3 is 0 Å². The molecular weight excluding hydrogens is 286 g/mol. The highest BCUT2D eigenvalue weighted by Crippen LogP contribution is 2.26. The van der Waals surface area contributed by atoms with Crippen molar-refractivity contribution in [3.05, 3.63) is 52.0 Å². The summed E-state index contributed by atoms with van der Waals surface area (Å²) in [5.41, 5.74) is 5.34. The van der Waals surface area contributed by atoms with Crippen LogP contribution >= 0.6 is 0 Å². The zero-order chi connectivity index (χ0) is 15.8. The maximum Gasteiger partial charge on any atom is 0.257 e. The summed E-state index contributed by atoms with van der Waals surface area (Å²) in [6.07, 6.45) is 3.84. The molecule has 0 aliphatic carbocycles. The number of hydrogen-bond donors (Lipinski definition) is 3. The predicted octanol–water partition coefficient (Wildman–Crippen LogP) is 0.326. The summed E-state index contributed by atoms with van der Waals surface area (Å²) in [6.45, 7) is 3.68. The van der Waals surface area contributed by atoms with Gasteiger partial charge in [-0.3, -0.25) is 4.99 Å². The van der Waals surface area contributed by atoms with E-state index in [0.29, 0.717) is 0 Å². The number of benzene rings is 2. The Morgan fingerprint density at radius 2 is 2.09 bits per heavy atom. The zero-order valence-corrected chi connectivity index (χ0v) is 13.2. The first-order valence-electron chi connectivity index (χ1n) is 8.05. The summed E-state index contributed by atoms with van der Waals surface area (Å²) in [6, 6.07) is 10.5. The SMILES string of the molecule is Cc1ccc(CCNc2cc3c4c(c2O)[NH+]=CC=4CCN=3)cc1. The van der Waals surface area contributed by atoms with Crippen molar-refractivity contribution in [3.63, 3.8) is 0 Å². The Morgan fingerprint density at radius 1 is 1.26 bits per heavy atom. The number of phenols is 1. The van der Waals surface area contributed by atoms with Gasteiger partial charge in [-0.15, -0.1) is 0 Å². The molecule has 0 saturated carbocycles. The predicted molar refractivity (Wildman–Crippen MR) is 91.8 cm³/mol. The molecule has 2 aliphatic heterocycles. The molecule has 0 amide bonds. The zero-order valence-electron chi connectivity index (χ0n) is 13.2. The number of anilines is 1. The molecule has 2 aromatic carbocycles. The topological polar surface area (TPSA) is 58.6 Å². The first-order chi connectivity index (χ1) is 11.2. The van der Waals surface area contributed by atoms with Crippen LogP contribution in [0.25, 0.3) is 5.57 Å². The molecule has 2 aromatic rings. The Labute approximate surface area is 134 Å². The van der Waals surface area contributed by atoms with Crippen molar-refractivity contribution >= 4 is 23.2 Å². The van der Waals surface area contributed by atoms with Crippen LogP contribution in [0.4, 0.5) is 11.4 Å².